The molecule has 2 aromatic rings. The first kappa shape index (κ1) is 19.8. The van der Waals surface area contributed by atoms with Crippen LogP contribution in [0.3, 0.4) is 0 Å². The molecule has 3 N–H and O–H groups in total. The third-order valence-corrected chi connectivity index (χ3v) is 4.75. The van der Waals surface area contributed by atoms with Crippen molar-refractivity contribution in [2.24, 2.45) is 0 Å². The van der Waals surface area contributed by atoms with E-state index in [0.717, 1.165) is 10.5 Å². The maximum atomic E-state index is 12.0. The van der Waals surface area contributed by atoms with Gasteiger partial charge in [0, 0.05) is 23.2 Å². The Kier molecular flexibility index (Phi) is 7.53. The molecule has 0 unspecified atom stereocenters. The molecule has 0 spiro atoms. The van der Waals surface area contributed by atoms with Gasteiger partial charge < -0.3 is 16.0 Å². The van der Waals surface area contributed by atoms with Crippen molar-refractivity contribution < 1.29 is 9.59 Å². The van der Waals surface area contributed by atoms with Crippen molar-refractivity contribution in [3.63, 3.8) is 0 Å². The van der Waals surface area contributed by atoms with E-state index >= 15 is 0 Å². The van der Waals surface area contributed by atoms with Crippen LogP contribution in [0, 0.1) is 6.92 Å². The van der Waals surface area contributed by atoms with Crippen LogP contribution < -0.4 is 16.0 Å². The van der Waals surface area contributed by atoms with Gasteiger partial charge in [0.15, 0.2) is 0 Å². The predicted octanol–water partition coefficient (Wildman–Crippen LogP) is 3.93. The van der Waals surface area contributed by atoms with Crippen LogP contribution in [-0.4, -0.2) is 23.7 Å². The molecule has 0 saturated carbocycles. The summed E-state index contributed by atoms with van der Waals surface area (Å²) < 4.78 is 0. The van der Waals surface area contributed by atoms with Gasteiger partial charge in [-0.1, -0.05) is 30.3 Å². The lowest BCUT2D eigenvalue weighted by molar-refractivity contribution is -0.118. The summed E-state index contributed by atoms with van der Waals surface area (Å²) in [7, 11) is 0. The number of anilines is 1. The van der Waals surface area contributed by atoms with Gasteiger partial charge in [-0.2, -0.15) is 0 Å². The number of rotatable bonds is 7. The number of urea groups is 1. The average Bonchev–Trinajstić information content (AvgIpc) is 2.59. The summed E-state index contributed by atoms with van der Waals surface area (Å²) in [6, 6.07) is 15.3. The van der Waals surface area contributed by atoms with E-state index in [0.29, 0.717) is 18.0 Å². The first-order valence-corrected chi connectivity index (χ1v) is 9.54. The summed E-state index contributed by atoms with van der Waals surface area (Å²) >= 11 is 1.54. The number of nitrogens with one attached hydrogen (secondary N) is 3. The number of carbonyl (C=O) groups excluding carboxylic acids is 2. The minimum Gasteiger partial charge on any atom is -0.351 e. The summed E-state index contributed by atoms with van der Waals surface area (Å²) in [4.78, 5) is 24.8. The third kappa shape index (κ3) is 6.80. The molecule has 0 bridgehead atoms. The van der Waals surface area contributed by atoms with Crippen molar-refractivity contribution in [2.75, 3.05) is 11.1 Å². The van der Waals surface area contributed by atoms with Gasteiger partial charge in [-0.05, 0) is 50.1 Å². The van der Waals surface area contributed by atoms with Crippen LogP contribution >= 0.6 is 11.8 Å². The molecule has 26 heavy (non-hydrogen) atoms. The van der Waals surface area contributed by atoms with E-state index in [1.807, 2.05) is 69.3 Å². The normalized spacial score (nSPS) is 10.5. The van der Waals surface area contributed by atoms with E-state index in [2.05, 4.69) is 16.0 Å². The second-order valence-corrected chi connectivity index (χ2v) is 7.30. The maximum absolute atomic E-state index is 12.0. The SMILES string of the molecule is Cc1ccccc1SCC(=O)NCc1ccc(NC(=O)NC(C)C)cc1. The molecule has 3 amide bonds. The fourth-order valence-corrected chi connectivity index (χ4v) is 3.11. The fraction of sp³-hybridized carbons (Fsp3) is 0.300. The monoisotopic (exact) mass is 371 g/mol. The molecular formula is C20H25N3O2S. The van der Waals surface area contributed by atoms with Crippen LogP contribution in [0.5, 0.6) is 0 Å². The van der Waals surface area contributed by atoms with Gasteiger partial charge in [0.2, 0.25) is 5.91 Å². The molecule has 138 valence electrons. The first-order valence-electron chi connectivity index (χ1n) is 8.55. The van der Waals surface area contributed by atoms with Gasteiger partial charge in [-0.3, -0.25) is 4.79 Å². The van der Waals surface area contributed by atoms with Crippen molar-refractivity contribution in [1.82, 2.24) is 10.6 Å². The highest BCUT2D eigenvalue weighted by Gasteiger charge is 2.06. The fourth-order valence-electron chi connectivity index (χ4n) is 2.25. The molecule has 6 heteroatoms. The van der Waals surface area contributed by atoms with Gasteiger partial charge in [-0.15, -0.1) is 11.8 Å². The van der Waals surface area contributed by atoms with Crippen molar-refractivity contribution in [3.8, 4) is 0 Å². The van der Waals surface area contributed by atoms with Crippen LogP contribution in [-0.2, 0) is 11.3 Å². The van der Waals surface area contributed by atoms with Crippen molar-refractivity contribution >= 4 is 29.4 Å². The highest BCUT2D eigenvalue weighted by Crippen LogP contribution is 2.21. The molecule has 0 radical (unpaired) electrons. The Labute approximate surface area is 159 Å². The topological polar surface area (TPSA) is 70.2 Å². The van der Waals surface area contributed by atoms with Crippen LogP contribution in [0.1, 0.15) is 25.0 Å². The van der Waals surface area contributed by atoms with Crippen LogP contribution in [0.2, 0.25) is 0 Å². The van der Waals surface area contributed by atoms with Crippen LogP contribution in [0.4, 0.5) is 10.5 Å². The quantitative estimate of drug-likeness (QED) is 0.646. The molecule has 0 heterocycles. The van der Waals surface area contributed by atoms with Crippen LogP contribution in [0.25, 0.3) is 0 Å². The molecule has 0 aliphatic rings. The number of aryl methyl sites for hydroxylation is 1. The Morgan fingerprint density at radius 3 is 2.38 bits per heavy atom. The van der Waals surface area contributed by atoms with Gasteiger partial charge in [-0.25, -0.2) is 4.79 Å². The van der Waals surface area contributed by atoms with Gasteiger partial charge in [0.25, 0.3) is 0 Å². The molecule has 0 fully saturated rings. The largest absolute Gasteiger partial charge is 0.351 e. The zero-order valence-electron chi connectivity index (χ0n) is 15.3. The molecule has 5 nitrogen and oxygen atoms in total. The lowest BCUT2D eigenvalue weighted by atomic mass is 10.2. The van der Waals surface area contributed by atoms with E-state index in [9.17, 15) is 9.59 Å². The highest BCUT2D eigenvalue weighted by atomic mass is 32.2. The minimum absolute atomic E-state index is 0.00299. The third-order valence-electron chi connectivity index (χ3n) is 3.57. The average molecular weight is 372 g/mol. The standard InChI is InChI=1S/C20H25N3O2S/c1-14(2)22-20(25)23-17-10-8-16(9-11-17)12-21-19(24)13-26-18-7-5-4-6-15(18)3/h4-11,14H,12-13H2,1-3H3,(H,21,24)(H2,22,23,25). The van der Waals surface area contributed by atoms with Crippen molar-refractivity contribution in [1.29, 1.82) is 0 Å². The van der Waals surface area contributed by atoms with Gasteiger partial charge in [0.05, 0.1) is 5.75 Å². The van der Waals surface area contributed by atoms with E-state index < -0.39 is 0 Å². The Hall–Kier alpha value is -2.47. The number of amides is 3. The number of carbonyl (C=O) groups is 2. The van der Waals surface area contributed by atoms with Crippen molar-refractivity contribution in [2.45, 2.75) is 38.3 Å². The summed E-state index contributed by atoms with van der Waals surface area (Å²) in [5.41, 5.74) is 2.87. The van der Waals surface area contributed by atoms with E-state index in [4.69, 9.17) is 0 Å². The summed E-state index contributed by atoms with van der Waals surface area (Å²) in [6.07, 6.45) is 0. The molecule has 0 saturated heterocycles. The molecule has 2 rings (SSSR count). The smallest absolute Gasteiger partial charge is 0.319 e. The van der Waals surface area contributed by atoms with Crippen LogP contribution in [0.15, 0.2) is 53.4 Å². The summed E-state index contributed by atoms with van der Waals surface area (Å²) in [6.45, 7) is 6.31. The molecule has 2 aromatic carbocycles. The van der Waals surface area contributed by atoms with E-state index in [-0.39, 0.29) is 18.0 Å². The molecule has 0 atom stereocenters. The number of hydrogen-bond donors (Lipinski definition) is 3. The minimum atomic E-state index is -0.228. The van der Waals surface area contributed by atoms with Gasteiger partial charge >= 0.3 is 6.03 Å². The van der Waals surface area contributed by atoms with Crippen molar-refractivity contribution in [3.05, 3.63) is 59.7 Å². The number of benzene rings is 2. The number of thioether (sulfide) groups is 1. The lowest BCUT2D eigenvalue weighted by Gasteiger charge is -2.11. The molecule has 0 aromatic heterocycles. The molecule has 0 aliphatic carbocycles. The second kappa shape index (κ2) is 9.87. The van der Waals surface area contributed by atoms with E-state index in [1.54, 1.807) is 0 Å². The van der Waals surface area contributed by atoms with Gasteiger partial charge in [0.1, 0.15) is 0 Å². The zero-order valence-corrected chi connectivity index (χ0v) is 16.2. The molecular weight excluding hydrogens is 346 g/mol. The zero-order chi connectivity index (χ0) is 18.9. The summed E-state index contributed by atoms with van der Waals surface area (Å²) in [5, 5.41) is 8.45. The Morgan fingerprint density at radius 1 is 1.04 bits per heavy atom. The molecule has 0 aliphatic heterocycles. The summed E-state index contributed by atoms with van der Waals surface area (Å²) in [5.74, 6) is 0.386. The Balaban J connectivity index is 1.76. The highest BCUT2D eigenvalue weighted by molar-refractivity contribution is 8.00. The Morgan fingerprint density at radius 2 is 1.73 bits per heavy atom. The predicted molar refractivity (Wildman–Crippen MR) is 107 cm³/mol. The first-order chi connectivity index (χ1) is 12.4. The maximum Gasteiger partial charge on any atom is 0.319 e. The lowest BCUT2D eigenvalue weighted by Crippen LogP contribution is -2.34. The second-order valence-electron chi connectivity index (χ2n) is 6.28. The Bertz CT molecular complexity index is 745. The number of hydrogen-bond acceptors (Lipinski definition) is 3. The van der Waals surface area contributed by atoms with E-state index in [1.165, 1.54) is 17.3 Å².